The van der Waals surface area contributed by atoms with Crippen LogP contribution in [0.4, 0.5) is 13.2 Å². The van der Waals surface area contributed by atoms with Gasteiger partial charge < -0.3 is 5.73 Å². The lowest BCUT2D eigenvalue weighted by Crippen LogP contribution is -2.13. The Morgan fingerprint density at radius 1 is 1.19 bits per heavy atom. The average Bonchev–Trinajstić information content (AvgIpc) is 2.23. The number of benzene rings is 1. The number of unbranched alkanes of at least 4 members (excludes halogenated alkanes) is 2. The standard InChI is InChI=1S/C12H16F3N/c1-2-3-4-5-11(16)9-6-8(13)7-10(14)12(9)15/h6-7,11H,2-5,16H2,1H3/t11-/m0/s1. The second-order valence-electron chi connectivity index (χ2n) is 3.89. The predicted octanol–water partition coefficient (Wildman–Crippen LogP) is 3.68. The maximum absolute atomic E-state index is 13.3. The Hall–Kier alpha value is -1.03. The van der Waals surface area contributed by atoms with Gasteiger partial charge in [-0.15, -0.1) is 0 Å². The third-order valence-corrected chi connectivity index (χ3v) is 2.54. The van der Waals surface area contributed by atoms with Gasteiger partial charge in [0.15, 0.2) is 11.6 Å². The van der Waals surface area contributed by atoms with Crippen molar-refractivity contribution in [2.75, 3.05) is 0 Å². The smallest absolute Gasteiger partial charge is 0.163 e. The fourth-order valence-electron chi connectivity index (χ4n) is 1.62. The molecule has 1 rings (SSSR count). The molecule has 0 bridgehead atoms. The van der Waals surface area contributed by atoms with Crippen molar-refractivity contribution >= 4 is 0 Å². The summed E-state index contributed by atoms with van der Waals surface area (Å²) in [5.41, 5.74) is 5.63. The molecule has 2 N–H and O–H groups in total. The molecule has 1 nitrogen and oxygen atoms in total. The highest BCUT2D eigenvalue weighted by atomic mass is 19.2. The van der Waals surface area contributed by atoms with E-state index in [1.54, 1.807) is 0 Å². The van der Waals surface area contributed by atoms with Crippen molar-refractivity contribution < 1.29 is 13.2 Å². The molecule has 0 spiro atoms. The molecule has 16 heavy (non-hydrogen) atoms. The van der Waals surface area contributed by atoms with E-state index in [4.69, 9.17) is 5.73 Å². The van der Waals surface area contributed by atoms with E-state index < -0.39 is 23.5 Å². The Morgan fingerprint density at radius 3 is 2.50 bits per heavy atom. The molecular formula is C12H16F3N. The van der Waals surface area contributed by atoms with Gasteiger partial charge in [-0.2, -0.15) is 0 Å². The molecule has 0 heterocycles. The molecule has 0 unspecified atom stereocenters. The molecule has 90 valence electrons. The molecule has 4 heteroatoms. The first kappa shape index (κ1) is 13.0. The third-order valence-electron chi connectivity index (χ3n) is 2.54. The van der Waals surface area contributed by atoms with Crippen molar-refractivity contribution in [1.82, 2.24) is 0 Å². The van der Waals surface area contributed by atoms with Crippen molar-refractivity contribution in [3.63, 3.8) is 0 Å². The topological polar surface area (TPSA) is 26.0 Å². The van der Waals surface area contributed by atoms with Gasteiger partial charge in [-0.3, -0.25) is 0 Å². The fourth-order valence-corrected chi connectivity index (χ4v) is 1.62. The minimum Gasteiger partial charge on any atom is -0.324 e. The van der Waals surface area contributed by atoms with E-state index >= 15 is 0 Å². The van der Waals surface area contributed by atoms with Gasteiger partial charge in [0.1, 0.15) is 5.82 Å². The second-order valence-corrected chi connectivity index (χ2v) is 3.89. The van der Waals surface area contributed by atoms with E-state index in [9.17, 15) is 13.2 Å². The lowest BCUT2D eigenvalue weighted by molar-refractivity contribution is 0.465. The second kappa shape index (κ2) is 5.89. The van der Waals surface area contributed by atoms with Gasteiger partial charge >= 0.3 is 0 Å². The summed E-state index contributed by atoms with van der Waals surface area (Å²) in [6.07, 6.45) is 3.36. The van der Waals surface area contributed by atoms with Crippen LogP contribution in [-0.2, 0) is 0 Å². The Morgan fingerprint density at radius 2 is 1.88 bits per heavy atom. The Labute approximate surface area is 93.5 Å². The minimum absolute atomic E-state index is 0.0754. The molecule has 0 fully saturated rings. The zero-order valence-electron chi connectivity index (χ0n) is 9.27. The van der Waals surface area contributed by atoms with Crippen LogP contribution in [-0.4, -0.2) is 0 Å². The van der Waals surface area contributed by atoms with Crippen molar-refractivity contribution in [3.05, 3.63) is 35.1 Å². The summed E-state index contributed by atoms with van der Waals surface area (Å²) in [5, 5.41) is 0. The van der Waals surface area contributed by atoms with Crippen molar-refractivity contribution in [1.29, 1.82) is 0 Å². The van der Waals surface area contributed by atoms with Gasteiger partial charge in [0, 0.05) is 17.7 Å². The van der Waals surface area contributed by atoms with Gasteiger partial charge in [0.05, 0.1) is 0 Å². The van der Waals surface area contributed by atoms with Crippen molar-refractivity contribution in [3.8, 4) is 0 Å². The normalized spacial score (nSPS) is 12.8. The SMILES string of the molecule is CCCCC[C@H](N)c1cc(F)cc(F)c1F. The fraction of sp³-hybridized carbons (Fsp3) is 0.500. The molecule has 0 amide bonds. The first-order valence-electron chi connectivity index (χ1n) is 5.46. The zero-order valence-corrected chi connectivity index (χ0v) is 9.27. The predicted molar refractivity (Wildman–Crippen MR) is 57.4 cm³/mol. The Kier molecular flexibility index (Phi) is 4.80. The number of hydrogen-bond acceptors (Lipinski definition) is 1. The van der Waals surface area contributed by atoms with Gasteiger partial charge in [0.2, 0.25) is 0 Å². The summed E-state index contributed by atoms with van der Waals surface area (Å²) in [4.78, 5) is 0. The van der Waals surface area contributed by atoms with E-state index in [0.29, 0.717) is 12.5 Å². The highest BCUT2D eigenvalue weighted by Gasteiger charge is 2.16. The van der Waals surface area contributed by atoms with Crippen LogP contribution in [0.1, 0.15) is 44.2 Å². The molecule has 1 aromatic rings. The molecule has 1 aromatic carbocycles. The molecule has 0 saturated carbocycles. The molecule has 0 saturated heterocycles. The Balaban J connectivity index is 2.78. The van der Waals surface area contributed by atoms with Crippen LogP contribution < -0.4 is 5.73 Å². The summed E-state index contributed by atoms with van der Waals surface area (Å²) >= 11 is 0. The third kappa shape index (κ3) is 3.23. The lowest BCUT2D eigenvalue weighted by atomic mass is 10.0. The summed E-state index contributed by atoms with van der Waals surface area (Å²) in [6.45, 7) is 2.04. The molecule has 0 aliphatic heterocycles. The van der Waals surface area contributed by atoms with Crippen LogP contribution >= 0.6 is 0 Å². The van der Waals surface area contributed by atoms with Crippen molar-refractivity contribution in [2.45, 2.75) is 38.6 Å². The van der Waals surface area contributed by atoms with Crippen LogP contribution in [0.3, 0.4) is 0 Å². The first-order chi connectivity index (χ1) is 7.56. The molecule has 1 atom stereocenters. The molecule has 0 aliphatic rings. The monoisotopic (exact) mass is 231 g/mol. The van der Waals surface area contributed by atoms with E-state index in [1.165, 1.54) is 0 Å². The van der Waals surface area contributed by atoms with Crippen LogP contribution in [0.2, 0.25) is 0 Å². The van der Waals surface area contributed by atoms with E-state index in [0.717, 1.165) is 25.3 Å². The van der Waals surface area contributed by atoms with Gasteiger partial charge in [-0.25, -0.2) is 13.2 Å². The summed E-state index contributed by atoms with van der Waals surface area (Å²) in [7, 11) is 0. The zero-order chi connectivity index (χ0) is 12.1. The number of nitrogens with two attached hydrogens (primary N) is 1. The minimum atomic E-state index is -1.18. The van der Waals surface area contributed by atoms with E-state index in [1.807, 2.05) is 6.92 Å². The average molecular weight is 231 g/mol. The van der Waals surface area contributed by atoms with E-state index in [-0.39, 0.29) is 5.56 Å². The van der Waals surface area contributed by atoms with Crippen molar-refractivity contribution in [2.24, 2.45) is 5.73 Å². The largest absolute Gasteiger partial charge is 0.324 e. The van der Waals surface area contributed by atoms with Crippen LogP contribution in [0.5, 0.6) is 0 Å². The molecule has 0 radical (unpaired) electrons. The van der Waals surface area contributed by atoms with Gasteiger partial charge in [0.25, 0.3) is 0 Å². The number of hydrogen-bond donors (Lipinski definition) is 1. The quantitative estimate of drug-likeness (QED) is 0.607. The number of rotatable bonds is 5. The molecule has 0 aromatic heterocycles. The highest BCUT2D eigenvalue weighted by molar-refractivity contribution is 5.23. The molecule has 0 aliphatic carbocycles. The van der Waals surface area contributed by atoms with Crippen LogP contribution in [0.25, 0.3) is 0 Å². The summed E-state index contributed by atoms with van der Waals surface area (Å²) in [6, 6.07) is 0.851. The van der Waals surface area contributed by atoms with Crippen LogP contribution in [0.15, 0.2) is 12.1 Å². The van der Waals surface area contributed by atoms with Gasteiger partial charge in [-0.1, -0.05) is 26.2 Å². The maximum atomic E-state index is 13.3. The van der Waals surface area contributed by atoms with Crippen LogP contribution in [0, 0.1) is 17.5 Å². The Bertz CT molecular complexity index is 352. The summed E-state index contributed by atoms with van der Waals surface area (Å²) in [5.74, 6) is -3.01. The van der Waals surface area contributed by atoms with E-state index in [2.05, 4.69) is 0 Å². The summed E-state index contributed by atoms with van der Waals surface area (Å²) < 4.78 is 39.1. The number of halogens is 3. The first-order valence-corrected chi connectivity index (χ1v) is 5.46. The van der Waals surface area contributed by atoms with Gasteiger partial charge in [-0.05, 0) is 12.5 Å². The maximum Gasteiger partial charge on any atom is 0.163 e. The lowest BCUT2D eigenvalue weighted by Gasteiger charge is -2.13. The molecular weight excluding hydrogens is 215 g/mol. The highest BCUT2D eigenvalue weighted by Crippen LogP contribution is 2.23.